The van der Waals surface area contributed by atoms with Crippen LogP contribution in [0.1, 0.15) is 12.0 Å². The highest BCUT2D eigenvalue weighted by Crippen LogP contribution is 2.11. The molecule has 1 amide bonds. The van der Waals surface area contributed by atoms with Crippen LogP contribution in [0.5, 0.6) is 0 Å². The molecule has 0 heterocycles. The molecule has 0 aromatic heterocycles. The number of rotatable bonds is 9. The fourth-order valence-corrected chi connectivity index (χ4v) is 1.69. The van der Waals surface area contributed by atoms with Crippen molar-refractivity contribution in [3.63, 3.8) is 0 Å². The first-order valence-corrected chi connectivity index (χ1v) is 6.58. The second kappa shape index (κ2) is 8.89. The van der Waals surface area contributed by atoms with Crippen molar-refractivity contribution >= 4 is 11.9 Å². The Kier molecular flexibility index (Phi) is 7.18. The van der Waals surface area contributed by atoms with Gasteiger partial charge in [-0.1, -0.05) is 6.08 Å². The molecular formula is C15H17F2NO4. The van der Waals surface area contributed by atoms with Crippen molar-refractivity contribution in [2.45, 2.75) is 18.9 Å². The number of amides is 1. The largest absolute Gasteiger partial charge is 0.480 e. The van der Waals surface area contributed by atoms with E-state index in [4.69, 9.17) is 9.84 Å². The minimum absolute atomic E-state index is 0.0325. The summed E-state index contributed by atoms with van der Waals surface area (Å²) in [5.74, 6) is -3.04. The first-order valence-electron chi connectivity index (χ1n) is 6.58. The highest BCUT2D eigenvalue weighted by atomic mass is 19.1. The molecule has 0 radical (unpaired) electrons. The molecule has 0 spiro atoms. The Bertz CT molecular complexity index is 548. The van der Waals surface area contributed by atoms with Crippen molar-refractivity contribution in [2.75, 3.05) is 13.2 Å². The van der Waals surface area contributed by atoms with E-state index in [1.165, 1.54) is 6.08 Å². The predicted molar refractivity (Wildman–Crippen MR) is 75.3 cm³/mol. The highest BCUT2D eigenvalue weighted by molar-refractivity contribution is 5.83. The minimum atomic E-state index is -1.24. The number of hydrogen-bond acceptors (Lipinski definition) is 3. The third kappa shape index (κ3) is 6.01. The Hall–Kier alpha value is -2.28. The number of halogens is 2. The monoisotopic (exact) mass is 313 g/mol. The van der Waals surface area contributed by atoms with Crippen LogP contribution in [0, 0.1) is 11.6 Å². The number of ether oxygens (including phenoxy) is 1. The Morgan fingerprint density at radius 2 is 2.14 bits per heavy atom. The molecule has 1 aromatic carbocycles. The molecule has 0 saturated heterocycles. The quantitative estimate of drug-likeness (QED) is 0.537. The van der Waals surface area contributed by atoms with Crippen LogP contribution in [-0.2, 0) is 20.7 Å². The lowest BCUT2D eigenvalue weighted by atomic mass is 10.1. The van der Waals surface area contributed by atoms with E-state index in [-0.39, 0.29) is 31.6 Å². The molecule has 5 nitrogen and oxygen atoms in total. The van der Waals surface area contributed by atoms with Crippen molar-refractivity contribution < 1.29 is 28.2 Å². The first kappa shape index (κ1) is 17.8. The Balaban J connectivity index is 2.51. The lowest BCUT2D eigenvalue weighted by molar-refractivity contribution is -0.143. The molecule has 120 valence electrons. The molecule has 0 fully saturated rings. The van der Waals surface area contributed by atoms with Crippen molar-refractivity contribution in [3.8, 4) is 0 Å². The molecule has 1 aromatic rings. The highest BCUT2D eigenvalue weighted by Gasteiger charge is 2.20. The van der Waals surface area contributed by atoms with Gasteiger partial charge in [0, 0.05) is 6.42 Å². The number of carbonyl (C=O) groups is 2. The Morgan fingerprint density at radius 3 is 2.77 bits per heavy atom. The topological polar surface area (TPSA) is 75.6 Å². The smallest absolute Gasteiger partial charge is 0.328 e. The summed E-state index contributed by atoms with van der Waals surface area (Å²) in [7, 11) is 0. The van der Waals surface area contributed by atoms with Gasteiger partial charge in [0.15, 0.2) is 6.04 Å². The maximum atomic E-state index is 13.4. The van der Waals surface area contributed by atoms with Crippen molar-refractivity contribution in [2.24, 2.45) is 0 Å². The zero-order valence-electron chi connectivity index (χ0n) is 11.9. The van der Waals surface area contributed by atoms with Crippen molar-refractivity contribution in [1.29, 1.82) is 0 Å². The summed E-state index contributed by atoms with van der Waals surface area (Å²) in [5, 5.41) is 11.2. The Morgan fingerprint density at radius 1 is 1.41 bits per heavy atom. The average molecular weight is 313 g/mol. The number of hydrogen-bond donors (Lipinski definition) is 2. The maximum Gasteiger partial charge on any atom is 0.328 e. The van der Waals surface area contributed by atoms with Crippen molar-refractivity contribution in [1.82, 2.24) is 5.32 Å². The number of aliphatic carboxylic acids is 1. The van der Waals surface area contributed by atoms with E-state index in [1.807, 2.05) is 0 Å². The van der Waals surface area contributed by atoms with Gasteiger partial charge in [-0.15, -0.1) is 6.58 Å². The number of nitrogens with one attached hydrogen (secondary N) is 1. The second-order valence-corrected chi connectivity index (χ2v) is 4.52. The van der Waals surface area contributed by atoms with Crippen LogP contribution in [0.4, 0.5) is 8.78 Å². The van der Waals surface area contributed by atoms with Crippen LogP contribution in [-0.4, -0.2) is 36.2 Å². The molecule has 0 saturated carbocycles. The summed E-state index contributed by atoms with van der Waals surface area (Å²) in [4.78, 5) is 22.7. The molecule has 1 rings (SSSR count). The van der Waals surface area contributed by atoms with E-state index in [0.29, 0.717) is 0 Å². The zero-order chi connectivity index (χ0) is 16.5. The third-order valence-electron chi connectivity index (χ3n) is 2.78. The molecule has 1 unspecified atom stereocenters. The number of carboxylic acid groups (broad SMARTS) is 1. The van der Waals surface area contributed by atoms with Gasteiger partial charge in [0.05, 0.1) is 13.2 Å². The van der Waals surface area contributed by atoms with Gasteiger partial charge >= 0.3 is 5.97 Å². The van der Waals surface area contributed by atoms with E-state index < -0.39 is 29.6 Å². The number of aryl methyl sites for hydroxylation is 1. The van der Waals surface area contributed by atoms with E-state index in [0.717, 1.165) is 18.2 Å². The molecule has 0 aliphatic rings. The average Bonchev–Trinajstić information content (AvgIpc) is 2.47. The SMILES string of the molecule is C=CCOCC(NC(=O)CCc1cc(F)ccc1F)C(=O)O. The molecule has 22 heavy (non-hydrogen) atoms. The third-order valence-corrected chi connectivity index (χ3v) is 2.78. The summed E-state index contributed by atoms with van der Waals surface area (Å²) in [6.45, 7) is 3.37. The van der Waals surface area contributed by atoms with Crippen LogP contribution >= 0.6 is 0 Å². The lowest BCUT2D eigenvalue weighted by Crippen LogP contribution is -2.44. The Labute approximate surface area is 126 Å². The van der Waals surface area contributed by atoms with Gasteiger partial charge in [-0.2, -0.15) is 0 Å². The normalized spacial score (nSPS) is 11.7. The van der Waals surface area contributed by atoms with Gasteiger partial charge in [0.1, 0.15) is 11.6 Å². The number of benzene rings is 1. The lowest BCUT2D eigenvalue weighted by Gasteiger charge is -2.14. The van der Waals surface area contributed by atoms with Gasteiger partial charge < -0.3 is 15.2 Å². The van der Waals surface area contributed by atoms with Gasteiger partial charge in [0.2, 0.25) is 5.91 Å². The predicted octanol–water partition coefficient (Wildman–Crippen LogP) is 1.67. The van der Waals surface area contributed by atoms with Gasteiger partial charge in [0.25, 0.3) is 0 Å². The molecule has 0 bridgehead atoms. The first-order chi connectivity index (χ1) is 10.4. The molecule has 0 aliphatic carbocycles. The fraction of sp³-hybridized carbons (Fsp3) is 0.333. The minimum Gasteiger partial charge on any atom is -0.480 e. The summed E-state index contributed by atoms with van der Waals surface area (Å²) >= 11 is 0. The van der Waals surface area contributed by atoms with Crippen LogP contribution in [0.25, 0.3) is 0 Å². The summed E-state index contributed by atoms with van der Waals surface area (Å²) in [6, 6.07) is 1.76. The number of carboxylic acids is 1. The molecular weight excluding hydrogens is 296 g/mol. The summed E-state index contributed by atoms with van der Waals surface area (Å²) in [6.07, 6.45) is 1.26. The molecule has 0 aliphatic heterocycles. The van der Waals surface area contributed by atoms with Crippen molar-refractivity contribution in [3.05, 3.63) is 48.1 Å². The maximum absolute atomic E-state index is 13.4. The van der Waals surface area contributed by atoms with E-state index in [2.05, 4.69) is 11.9 Å². The zero-order valence-corrected chi connectivity index (χ0v) is 11.9. The molecule has 2 N–H and O–H groups in total. The van der Waals surface area contributed by atoms with Crippen LogP contribution < -0.4 is 5.32 Å². The second-order valence-electron chi connectivity index (χ2n) is 4.52. The molecule has 7 heteroatoms. The van der Waals surface area contributed by atoms with Gasteiger partial charge in [-0.25, -0.2) is 13.6 Å². The summed E-state index contributed by atoms with van der Waals surface area (Å²) < 4.78 is 31.4. The van der Waals surface area contributed by atoms with Crippen LogP contribution in [0.3, 0.4) is 0 Å². The molecule has 1 atom stereocenters. The van der Waals surface area contributed by atoms with Crippen LogP contribution in [0.2, 0.25) is 0 Å². The van der Waals surface area contributed by atoms with Gasteiger partial charge in [-0.05, 0) is 30.2 Å². The van der Waals surface area contributed by atoms with E-state index in [9.17, 15) is 18.4 Å². The van der Waals surface area contributed by atoms with Crippen LogP contribution in [0.15, 0.2) is 30.9 Å². The summed E-state index contributed by atoms with van der Waals surface area (Å²) in [5.41, 5.74) is 0.0601. The standard InChI is InChI=1S/C15H17F2NO4/c1-2-7-22-9-13(15(20)21)18-14(19)6-3-10-8-11(16)4-5-12(10)17/h2,4-5,8,13H,1,3,6-7,9H2,(H,18,19)(H,20,21). The van der Waals surface area contributed by atoms with E-state index >= 15 is 0 Å². The van der Waals surface area contributed by atoms with E-state index in [1.54, 1.807) is 0 Å². The number of carbonyl (C=O) groups excluding carboxylic acids is 1. The fourth-order valence-electron chi connectivity index (χ4n) is 1.69. The van der Waals surface area contributed by atoms with Gasteiger partial charge in [-0.3, -0.25) is 4.79 Å².